The van der Waals surface area contributed by atoms with E-state index in [0.29, 0.717) is 50.5 Å². The molecule has 4 amide bonds. The standard InChI is InChI=1S/C24H33N5O4/c1-5-27(6-2)23(31)19-16-18(26-22(30)21-8-7-15-33-21)9-10-20(19)28-11-13-29(14-12-28)24(32)25-17(3)4/h7-10,15-17H,5-6,11-14H2,1-4H3,(H,25,32)(H,26,30). The molecule has 1 aliphatic rings. The monoisotopic (exact) mass is 455 g/mol. The molecule has 9 heteroatoms. The molecule has 0 bridgehead atoms. The lowest BCUT2D eigenvalue weighted by molar-refractivity contribution is 0.0773. The summed E-state index contributed by atoms with van der Waals surface area (Å²) in [7, 11) is 0. The Bertz CT molecular complexity index is 961. The summed E-state index contributed by atoms with van der Waals surface area (Å²) in [6.45, 7) is 11.3. The van der Waals surface area contributed by atoms with Crippen LogP contribution in [0.3, 0.4) is 0 Å². The van der Waals surface area contributed by atoms with Crippen LogP contribution in [-0.2, 0) is 0 Å². The number of nitrogens with zero attached hydrogens (tertiary/aromatic N) is 3. The first-order valence-electron chi connectivity index (χ1n) is 11.4. The Kier molecular flexibility index (Phi) is 7.97. The average Bonchev–Trinajstić information content (AvgIpc) is 3.35. The summed E-state index contributed by atoms with van der Waals surface area (Å²) in [5.41, 5.74) is 1.84. The fraction of sp³-hybridized carbons (Fsp3) is 0.458. The molecule has 2 aromatic rings. The SMILES string of the molecule is CCN(CC)C(=O)c1cc(NC(=O)c2ccco2)ccc1N1CCN(C(=O)NC(C)C)CC1. The molecule has 1 fully saturated rings. The lowest BCUT2D eigenvalue weighted by Gasteiger charge is -2.37. The summed E-state index contributed by atoms with van der Waals surface area (Å²) in [6, 6.07) is 8.60. The van der Waals surface area contributed by atoms with Crippen LogP contribution in [0, 0.1) is 0 Å². The Morgan fingerprint density at radius 1 is 1.06 bits per heavy atom. The van der Waals surface area contributed by atoms with E-state index in [4.69, 9.17) is 4.42 Å². The molecule has 1 saturated heterocycles. The van der Waals surface area contributed by atoms with Crippen LogP contribution in [0.15, 0.2) is 41.0 Å². The second-order valence-corrected chi connectivity index (χ2v) is 8.22. The van der Waals surface area contributed by atoms with Crippen molar-refractivity contribution in [1.29, 1.82) is 0 Å². The summed E-state index contributed by atoms with van der Waals surface area (Å²) in [5, 5.41) is 5.73. The topological polar surface area (TPSA) is 98.1 Å². The molecule has 0 spiro atoms. The highest BCUT2D eigenvalue weighted by Gasteiger charge is 2.26. The molecule has 1 aromatic heterocycles. The minimum atomic E-state index is -0.376. The van der Waals surface area contributed by atoms with E-state index in [1.165, 1.54) is 6.26 Å². The average molecular weight is 456 g/mol. The van der Waals surface area contributed by atoms with Crippen molar-refractivity contribution in [3.63, 3.8) is 0 Å². The van der Waals surface area contributed by atoms with Gasteiger partial charge in [0, 0.05) is 56.7 Å². The summed E-state index contributed by atoms with van der Waals surface area (Å²) < 4.78 is 5.16. The number of furan rings is 1. The Morgan fingerprint density at radius 3 is 2.33 bits per heavy atom. The van der Waals surface area contributed by atoms with Crippen LogP contribution >= 0.6 is 0 Å². The van der Waals surface area contributed by atoms with Crippen LogP contribution in [0.1, 0.15) is 48.6 Å². The Balaban J connectivity index is 1.82. The molecular formula is C24H33N5O4. The minimum absolute atomic E-state index is 0.0694. The maximum Gasteiger partial charge on any atom is 0.317 e. The number of amides is 4. The zero-order chi connectivity index (χ0) is 24.0. The Morgan fingerprint density at radius 2 is 1.76 bits per heavy atom. The zero-order valence-corrected chi connectivity index (χ0v) is 19.8. The van der Waals surface area contributed by atoms with E-state index in [1.54, 1.807) is 34.1 Å². The number of carbonyl (C=O) groups excluding carboxylic acids is 3. The molecular weight excluding hydrogens is 422 g/mol. The molecule has 0 atom stereocenters. The summed E-state index contributed by atoms with van der Waals surface area (Å²) in [4.78, 5) is 43.7. The van der Waals surface area contributed by atoms with E-state index in [1.807, 2.05) is 33.8 Å². The van der Waals surface area contributed by atoms with Crippen molar-refractivity contribution >= 4 is 29.2 Å². The van der Waals surface area contributed by atoms with Gasteiger partial charge in [-0.05, 0) is 58.0 Å². The number of carbonyl (C=O) groups is 3. The maximum absolute atomic E-state index is 13.3. The van der Waals surface area contributed by atoms with E-state index in [2.05, 4.69) is 15.5 Å². The number of urea groups is 1. The van der Waals surface area contributed by atoms with Crippen LogP contribution in [-0.4, -0.2) is 73.0 Å². The first-order valence-corrected chi connectivity index (χ1v) is 11.4. The van der Waals surface area contributed by atoms with Crippen molar-refractivity contribution < 1.29 is 18.8 Å². The molecule has 3 rings (SSSR count). The van der Waals surface area contributed by atoms with Crippen LogP contribution in [0.5, 0.6) is 0 Å². The molecule has 1 aliphatic heterocycles. The van der Waals surface area contributed by atoms with Gasteiger partial charge in [-0.2, -0.15) is 0 Å². The number of nitrogens with one attached hydrogen (secondary N) is 2. The second-order valence-electron chi connectivity index (χ2n) is 8.22. The van der Waals surface area contributed by atoms with Crippen LogP contribution in [0.4, 0.5) is 16.2 Å². The highest BCUT2D eigenvalue weighted by molar-refractivity contribution is 6.05. The molecule has 2 N–H and O–H groups in total. The van der Waals surface area contributed by atoms with Crippen LogP contribution in [0.25, 0.3) is 0 Å². The third kappa shape index (κ3) is 5.85. The van der Waals surface area contributed by atoms with Gasteiger partial charge in [0.05, 0.1) is 11.8 Å². The van der Waals surface area contributed by atoms with Crippen LogP contribution in [0.2, 0.25) is 0 Å². The molecule has 0 saturated carbocycles. The van der Waals surface area contributed by atoms with Gasteiger partial charge in [-0.3, -0.25) is 9.59 Å². The molecule has 0 aliphatic carbocycles. The third-order valence-corrected chi connectivity index (χ3v) is 5.60. The number of benzene rings is 1. The molecule has 2 heterocycles. The molecule has 1 aromatic carbocycles. The second kappa shape index (κ2) is 10.9. The normalized spacial score (nSPS) is 13.7. The quantitative estimate of drug-likeness (QED) is 0.668. The fourth-order valence-electron chi connectivity index (χ4n) is 3.83. The van der Waals surface area contributed by atoms with Crippen molar-refractivity contribution in [2.24, 2.45) is 0 Å². The number of rotatable bonds is 7. The first kappa shape index (κ1) is 24.2. The summed E-state index contributed by atoms with van der Waals surface area (Å²) in [5.74, 6) is -0.269. The van der Waals surface area contributed by atoms with Gasteiger partial charge in [-0.15, -0.1) is 0 Å². The number of anilines is 2. The van der Waals surface area contributed by atoms with Gasteiger partial charge in [-0.25, -0.2) is 4.79 Å². The van der Waals surface area contributed by atoms with Gasteiger partial charge in [0.25, 0.3) is 11.8 Å². The minimum Gasteiger partial charge on any atom is -0.459 e. The number of hydrogen-bond donors (Lipinski definition) is 2. The highest BCUT2D eigenvalue weighted by atomic mass is 16.3. The van der Waals surface area contributed by atoms with Crippen molar-refractivity contribution in [1.82, 2.24) is 15.1 Å². The van der Waals surface area contributed by atoms with Crippen molar-refractivity contribution in [3.05, 3.63) is 47.9 Å². The Hall–Kier alpha value is -3.49. The van der Waals surface area contributed by atoms with Gasteiger partial charge in [0.15, 0.2) is 5.76 Å². The molecule has 0 radical (unpaired) electrons. The molecule has 0 unspecified atom stereocenters. The van der Waals surface area contributed by atoms with Gasteiger partial charge >= 0.3 is 6.03 Å². The van der Waals surface area contributed by atoms with Gasteiger partial charge in [0.2, 0.25) is 0 Å². The van der Waals surface area contributed by atoms with E-state index in [0.717, 1.165) is 5.69 Å². The van der Waals surface area contributed by atoms with E-state index in [-0.39, 0.29) is 29.6 Å². The molecule has 33 heavy (non-hydrogen) atoms. The predicted molar refractivity (Wildman–Crippen MR) is 128 cm³/mol. The molecule has 9 nitrogen and oxygen atoms in total. The van der Waals surface area contributed by atoms with Crippen molar-refractivity contribution in [2.45, 2.75) is 33.7 Å². The molecule has 178 valence electrons. The van der Waals surface area contributed by atoms with E-state index >= 15 is 0 Å². The van der Waals surface area contributed by atoms with Crippen LogP contribution < -0.4 is 15.5 Å². The lowest BCUT2D eigenvalue weighted by Crippen LogP contribution is -2.53. The maximum atomic E-state index is 13.3. The highest BCUT2D eigenvalue weighted by Crippen LogP contribution is 2.27. The van der Waals surface area contributed by atoms with E-state index in [9.17, 15) is 14.4 Å². The number of piperazine rings is 1. The van der Waals surface area contributed by atoms with Gasteiger partial charge in [-0.1, -0.05) is 0 Å². The largest absolute Gasteiger partial charge is 0.459 e. The van der Waals surface area contributed by atoms with Gasteiger partial charge < -0.3 is 29.8 Å². The first-order chi connectivity index (χ1) is 15.8. The number of hydrogen-bond acceptors (Lipinski definition) is 5. The zero-order valence-electron chi connectivity index (χ0n) is 19.8. The third-order valence-electron chi connectivity index (χ3n) is 5.60. The van der Waals surface area contributed by atoms with Crippen molar-refractivity contribution in [2.75, 3.05) is 49.5 Å². The fourth-order valence-corrected chi connectivity index (χ4v) is 3.83. The van der Waals surface area contributed by atoms with Gasteiger partial charge in [0.1, 0.15) is 0 Å². The summed E-state index contributed by atoms with van der Waals surface area (Å²) in [6.07, 6.45) is 1.44. The van der Waals surface area contributed by atoms with Crippen molar-refractivity contribution in [3.8, 4) is 0 Å². The lowest BCUT2D eigenvalue weighted by atomic mass is 10.1. The smallest absolute Gasteiger partial charge is 0.317 e. The summed E-state index contributed by atoms with van der Waals surface area (Å²) >= 11 is 0. The van der Waals surface area contributed by atoms with E-state index < -0.39 is 0 Å². The predicted octanol–water partition coefficient (Wildman–Crippen LogP) is 3.25. The Labute approximate surface area is 194 Å².